The lowest BCUT2D eigenvalue weighted by Gasteiger charge is -2.28. The first-order chi connectivity index (χ1) is 22.2. The Morgan fingerprint density at radius 3 is 2.19 bits per heavy atom. The zero-order chi connectivity index (χ0) is 34.5. The molecule has 3 aromatic carbocycles. The lowest BCUT2D eigenvalue weighted by atomic mass is 9.96. The fraction of sp³-hybridized carbons (Fsp3) is 0.389. The van der Waals surface area contributed by atoms with Crippen molar-refractivity contribution in [2.45, 2.75) is 83.0 Å². The molecule has 47 heavy (non-hydrogen) atoms. The molecule has 0 saturated heterocycles. The highest BCUT2D eigenvalue weighted by atomic mass is 16.4. The van der Waals surface area contributed by atoms with Gasteiger partial charge in [0.05, 0.1) is 12.5 Å². The van der Waals surface area contributed by atoms with Crippen molar-refractivity contribution in [1.82, 2.24) is 21.3 Å². The number of carbonyl (C=O) groups is 6. The third-order valence-corrected chi connectivity index (χ3v) is 8.88. The Balaban J connectivity index is 1.48. The van der Waals surface area contributed by atoms with Gasteiger partial charge >= 0.3 is 5.97 Å². The highest BCUT2D eigenvalue weighted by molar-refractivity contribution is 6.38. The van der Waals surface area contributed by atoms with Gasteiger partial charge in [0.25, 0.3) is 5.91 Å². The molecule has 0 radical (unpaired) electrons. The molecule has 2 unspecified atom stereocenters. The highest BCUT2D eigenvalue weighted by Crippen LogP contribution is 2.51. The fourth-order valence-corrected chi connectivity index (χ4v) is 5.65. The van der Waals surface area contributed by atoms with Crippen LogP contribution in [0.2, 0.25) is 0 Å². The van der Waals surface area contributed by atoms with Gasteiger partial charge in [-0.15, -0.1) is 0 Å². The van der Waals surface area contributed by atoms with Crippen LogP contribution in [0.1, 0.15) is 64.5 Å². The molecule has 1 aliphatic carbocycles. The van der Waals surface area contributed by atoms with E-state index < -0.39 is 58.6 Å². The summed E-state index contributed by atoms with van der Waals surface area (Å²) in [5.41, 5.74) is -1.29. The molecule has 1 saturated carbocycles. The van der Waals surface area contributed by atoms with Crippen LogP contribution in [0.5, 0.6) is 0 Å². The zero-order valence-electron chi connectivity index (χ0n) is 27.3. The van der Waals surface area contributed by atoms with Gasteiger partial charge in [0.15, 0.2) is 0 Å². The molecule has 4 rings (SSSR count). The van der Waals surface area contributed by atoms with Gasteiger partial charge < -0.3 is 26.4 Å². The van der Waals surface area contributed by atoms with E-state index in [1.807, 2.05) is 72.8 Å². The van der Waals surface area contributed by atoms with E-state index in [2.05, 4.69) is 21.3 Å². The van der Waals surface area contributed by atoms with Gasteiger partial charge in [-0.2, -0.15) is 0 Å². The Morgan fingerprint density at radius 1 is 0.894 bits per heavy atom. The van der Waals surface area contributed by atoms with Crippen LogP contribution in [-0.2, 0) is 35.2 Å². The maximum absolute atomic E-state index is 13.8. The molecule has 0 aromatic heterocycles. The molecule has 0 bridgehead atoms. The molecule has 0 heterocycles. The predicted molar refractivity (Wildman–Crippen MR) is 176 cm³/mol. The zero-order valence-corrected chi connectivity index (χ0v) is 27.3. The minimum atomic E-state index is -1.61. The van der Waals surface area contributed by atoms with Gasteiger partial charge in [-0.3, -0.25) is 24.0 Å². The molecule has 4 amide bonds. The first-order valence-corrected chi connectivity index (χ1v) is 15.7. The van der Waals surface area contributed by atoms with Crippen LogP contribution in [0.25, 0.3) is 10.8 Å². The third-order valence-electron chi connectivity index (χ3n) is 8.88. The standard InChI is InChI=1S/C36H42N4O7/c1-6-21(2)29(31(43)40-35(4,5)34(46)47)38-32(44)30(42)22(3)37-33(45)36(20-27(36)24-14-8-7-9-15-24)39-28(41)19-25-17-12-16-23-13-10-11-18-26(23)25/h7-18,21-22,27,29H,6,19-20H2,1-5H3,(H,37,45)(H,38,44)(H,39,41)(H,40,43)(H,46,47)/t21-,22?,27-,29-,36?/m0/s1. The van der Waals surface area contributed by atoms with E-state index in [1.165, 1.54) is 20.8 Å². The molecule has 5 atom stereocenters. The molecular weight excluding hydrogens is 600 g/mol. The number of ketones is 1. The maximum atomic E-state index is 13.8. The first kappa shape index (κ1) is 34.8. The second-order valence-electron chi connectivity index (χ2n) is 12.8. The summed E-state index contributed by atoms with van der Waals surface area (Å²) in [5.74, 6) is -5.86. The lowest BCUT2D eigenvalue weighted by Crippen LogP contribution is -2.60. The largest absolute Gasteiger partial charge is 0.480 e. The fourth-order valence-electron chi connectivity index (χ4n) is 5.65. The highest BCUT2D eigenvalue weighted by Gasteiger charge is 2.62. The van der Waals surface area contributed by atoms with Crippen molar-refractivity contribution in [1.29, 1.82) is 0 Å². The van der Waals surface area contributed by atoms with Gasteiger partial charge in [-0.1, -0.05) is 93.1 Å². The van der Waals surface area contributed by atoms with Crippen molar-refractivity contribution in [2.24, 2.45) is 5.92 Å². The molecule has 0 aliphatic heterocycles. The van der Waals surface area contributed by atoms with E-state index in [1.54, 1.807) is 13.8 Å². The summed E-state index contributed by atoms with van der Waals surface area (Å²) in [6.45, 7) is 7.45. The van der Waals surface area contributed by atoms with E-state index in [0.29, 0.717) is 12.8 Å². The van der Waals surface area contributed by atoms with Crippen molar-refractivity contribution < 1.29 is 33.9 Å². The second kappa shape index (κ2) is 14.1. The minimum absolute atomic E-state index is 0.0343. The summed E-state index contributed by atoms with van der Waals surface area (Å²) in [4.78, 5) is 78.0. The number of Topliss-reactive ketones (excluding diaryl/α,β-unsaturated/α-hetero) is 1. The monoisotopic (exact) mass is 642 g/mol. The van der Waals surface area contributed by atoms with E-state index in [9.17, 15) is 33.9 Å². The SMILES string of the molecule is CC[C@H](C)[C@H](NC(=O)C(=O)C(C)NC(=O)C1(NC(=O)Cc2cccc3ccccc23)C[C@H]1c1ccccc1)C(=O)NC(C)(C)C(=O)O. The molecule has 248 valence electrons. The van der Waals surface area contributed by atoms with Gasteiger partial charge in [0.2, 0.25) is 23.5 Å². The molecule has 3 aromatic rings. The topological polar surface area (TPSA) is 171 Å². The molecule has 1 aliphatic rings. The smallest absolute Gasteiger partial charge is 0.328 e. The average Bonchev–Trinajstić information content (AvgIpc) is 3.77. The van der Waals surface area contributed by atoms with Gasteiger partial charge in [-0.25, -0.2) is 4.79 Å². The van der Waals surface area contributed by atoms with E-state index in [-0.39, 0.29) is 18.2 Å². The number of hydrogen-bond donors (Lipinski definition) is 5. The summed E-state index contributed by atoms with van der Waals surface area (Å²) in [7, 11) is 0. The maximum Gasteiger partial charge on any atom is 0.328 e. The summed E-state index contributed by atoms with van der Waals surface area (Å²) >= 11 is 0. The number of aliphatic carboxylic acids is 1. The molecule has 0 spiro atoms. The average molecular weight is 643 g/mol. The van der Waals surface area contributed by atoms with Crippen LogP contribution in [-0.4, -0.2) is 63.6 Å². The predicted octanol–water partition coefficient (Wildman–Crippen LogP) is 3.01. The Hall–Kier alpha value is -5.06. The normalized spacial score (nSPS) is 19.0. The summed E-state index contributed by atoms with van der Waals surface area (Å²) in [6.07, 6.45) is 0.785. The van der Waals surface area contributed by atoms with Crippen LogP contribution in [0, 0.1) is 5.92 Å². The van der Waals surface area contributed by atoms with E-state index in [0.717, 1.165) is 21.9 Å². The quantitative estimate of drug-likeness (QED) is 0.168. The summed E-state index contributed by atoms with van der Waals surface area (Å²) in [6, 6.07) is 20.2. The van der Waals surface area contributed by atoms with Gasteiger partial charge in [0.1, 0.15) is 17.1 Å². The third kappa shape index (κ3) is 7.85. The van der Waals surface area contributed by atoms with Crippen molar-refractivity contribution in [2.75, 3.05) is 0 Å². The van der Waals surface area contributed by atoms with Crippen LogP contribution < -0.4 is 21.3 Å². The van der Waals surface area contributed by atoms with Gasteiger partial charge in [-0.05, 0) is 55.0 Å². The number of hydrogen-bond acceptors (Lipinski definition) is 6. The Labute approximate surface area is 273 Å². The number of rotatable bonds is 14. The number of carboxylic acids is 1. The van der Waals surface area contributed by atoms with Crippen molar-refractivity contribution in [3.63, 3.8) is 0 Å². The minimum Gasteiger partial charge on any atom is -0.480 e. The number of benzene rings is 3. The number of amides is 4. The van der Waals surface area contributed by atoms with Crippen LogP contribution in [0.15, 0.2) is 72.8 Å². The second-order valence-corrected chi connectivity index (χ2v) is 12.8. The Kier molecular flexibility index (Phi) is 10.5. The summed E-state index contributed by atoms with van der Waals surface area (Å²) in [5, 5.41) is 21.7. The van der Waals surface area contributed by atoms with E-state index in [4.69, 9.17) is 0 Å². The number of fused-ring (bicyclic) bond motifs is 1. The number of carbonyl (C=O) groups excluding carboxylic acids is 5. The Bertz CT molecular complexity index is 1680. The number of nitrogens with one attached hydrogen (secondary N) is 4. The van der Waals surface area contributed by atoms with Crippen molar-refractivity contribution >= 4 is 46.2 Å². The van der Waals surface area contributed by atoms with Gasteiger partial charge in [0, 0.05) is 5.92 Å². The van der Waals surface area contributed by atoms with Crippen LogP contribution in [0.4, 0.5) is 0 Å². The van der Waals surface area contributed by atoms with E-state index >= 15 is 0 Å². The number of carboxylic acid groups (broad SMARTS) is 1. The van der Waals surface area contributed by atoms with Crippen LogP contribution >= 0.6 is 0 Å². The lowest BCUT2D eigenvalue weighted by molar-refractivity contribution is -0.147. The van der Waals surface area contributed by atoms with Crippen molar-refractivity contribution in [3.05, 3.63) is 83.9 Å². The molecular formula is C36H42N4O7. The van der Waals surface area contributed by atoms with Crippen molar-refractivity contribution in [3.8, 4) is 0 Å². The molecule has 1 fully saturated rings. The van der Waals surface area contributed by atoms with Crippen LogP contribution in [0.3, 0.4) is 0 Å². The summed E-state index contributed by atoms with van der Waals surface area (Å²) < 4.78 is 0. The molecule has 11 nitrogen and oxygen atoms in total. The molecule has 11 heteroatoms. The molecule has 5 N–H and O–H groups in total. The Morgan fingerprint density at radius 2 is 1.53 bits per heavy atom. The first-order valence-electron chi connectivity index (χ1n) is 15.7.